The van der Waals surface area contributed by atoms with Crippen molar-refractivity contribution in [1.29, 1.82) is 0 Å². The molecule has 4 nitrogen and oxygen atoms in total. The number of ether oxygens (including phenoxy) is 1. The van der Waals surface area contributed by atoms with Gasteiger partial charge in [-0.25, -0.2) is 0 Å². The van der Waals surface area contributed by atoms with Gasteiger partial charge in [0.1, 0.15) is 5.75 Å². The second-order valence-electron chi connectivity index (χ2n) is 6.69. The number of amides is 1. The standard InChI is InChI=1S/C18H25BrN2O2.ClH/c1-23-17-8-7-13(19)11-14(17)16-6-3-9-21(16)18(22)10-12-4-2-5-15(12)20;/h7-8,11-12,15-16H,2-6,9-10,20H2,1H3;1H/t12-,15+,16?;/m0./s1. The van der Waals surface area contributed by atoms with Crippen LogP contribution >= 0.6 is 28.3 Å². The Hall–Kier alpha value is -0.780. The number of nitrogens with zero attached hydrogens (tertiary/aromatic N) is 1. The van der Waals surface area contributed by atoms with Crippen LogP contribution in [0.5, 0.6) is 5.75 Å². The van der Waals surface area contributed by atoms with Gasteiger partial charge in [0, 0.05) is 29.0 Å². The molecular weight excluding hydrogens is 392 g/mol. The number of benzene rings is 1. The fourth-order valence-electron chi connectivity index (χ4n) is 4.01. The maximum absolute atomic E-state index is 12.8. The lowest BCUT2D eigenvalue weighted by Crippen LogP contribution is -2.35. The first-order valence-electron chi connectivity index (χ1n) is 8.48. The van der Waals surface area contributed by atoms with Gasteiger partial charge in [-0.1, -0.05) is 22.4 Å². The van der Waals surface area contributed by atoms with Gasteiger partial charge in [0.2, 0.25) is 5.91 Å². The number of carbonyl (C=O) groups excluding carboxylic acids is 1. The summed E-state index contributed by atoms with van der Waals surface area (Å²) in [7, 11) is 1.69. The van der Waals surface area contributed by atoms with Gasteiger partial charge in [0.15, 0.2) is 0 Å². The minimum atomic E-state index is 0. The van der Waals surface area contributed by atoms with Crippen LogP contribution in [0.1, 0.15) is 50.1 Å². The van der Waals surface area contributed by atoms with Gasteiger partial charge in [0.25, 0.3) is 0 Å². The third-order valence-electron chi connectivity index (χ3n) is 5.28. The predicted octanol–water partition coefficient (Wildman–Crippen LogP) is 4.06. The first kappa shape index (κ1) is 19.5. The normalized spacial score (nSPS) is 26.3. The predicted molar refractivity (Wildman–Crippen MR) is 102 cm³/mol. The molecule has 1 heterocycles. The lowest BCUT2D eigenvalue weighted by Gasteiger charge is -2.28. The molecule has 0 spiro atoms. The average molecular weight is 418 g/mol. The molecule has 1 aromatic carbocycles. The summed E-state index contributed by atoms with van der Waals surface area (Å²) in [5.74, 6) is 1.46. The van der Waals surface area contributed by atoms with Crippen LogP contribution in [-0.2, 0) is 4.79 Å². The number of methoxy groups -OCH3 is 1. The lowest BCUT2D eigenvalue weighted by molar-refractivity contribution is -0.133. The fourth-order valence-corrected chi connectivity index (χ4v) is 4.39. The van der Waals surface area contributed by atoms with Crippen LogP contribution < -0.4 is 10.5 Å². The van der Waals surface area contributed by atoms with E-state index in [1.165, 1.54) is 0 Å². The van der Waals surface area contributed by atoms with Crippen LogP contribution in [0.2, 0.25) is 0 Å². The molecule has 1 aliphatic heterocycles. The highest BCUT2D eigenvalue weighted by atomic mass is 79.9. The van der Waals surface area contributed by atoms with Crippen LogP contribution in [0.3, 0.4) is 0 Å². The molecule has 6 heteroatoms. The molecule has 134 valence electrons. The zero-order valence-corrected chi connectivity index (χ0v) is 16.4. The van der Waals surface area contributed by atoms with Crippen molar-refractivity contribution in [1.82, 2.24) is 4.90 Å². The summed E-state index contributed by atoms with van der Waals surface area (Å²) in [5.41, 5.74) is 7.24. The summed E-state index contributed by atoms with van der Waals surface area (Å²) in [6.07, 6.45) is 5.93. The Kier molecular flexibility index (Phi) is 6.96. The van der Waals surface area contributed by atoms with E-state index in [1.807, 2.05) is 17.0 Å². The molecule has 0 aromatic heterocycles. The van der Waals surface area contributed by atoms with Crippen molar-refractivity contribution in [3.8, 4) is 5.75 Å². The minimum Gasteiger partial charge on any atom is -0.496 e. The number of likely N-dealkylation sites (tertiary alicyclic amines) is 1. The molecule has 1 saturated heterocycles. The first-order chi connectivity index (χ1) is 11.1. The van der Waals surface area contributed by atoms with E-state index in [-0.39, 0.29) is 30.4 Å². The van der Waals surface area contributed by atoms with Gasteiger partial charge in [-0.15, -0.1) is 12.4 Å². The lowest BCUT2D eigenvalue weighted by atomic mass is 9.98. The van der Waals surface area contributed by atoms with Crippen molar-refractivity contribution in [3.63, 3.8) is 0 Å². The SMILES string of the molecule is COc1ccc(Br)cc1C1CCCN1C(=O)C[C@@H]1CCC[C@H]1N.Cl. The summed E-state index contributed by atoms with van der Waals surface area (Å²) in [4.78, 5) is 14.9. The summed E-state index contributed by atoms with van der Waals surface area (Å²) in [6, 6.07) is 6.33. The Morgan fingerprint density at radius 2 is 2.12 bits per heavy atom. The third-order valence-corrected chi connectivity index (χ3v) is 5.77. The van der Waals surface area contributed by atoms with Crippen LogP contribution in [0, 0.1) is 5.92 Å². The van der Waals surface area contributed by atoms with Gasteiger partial charge in [-0.2, -0.15) is 0 Å². The number of hydrogen-bond acceptors (Lipinski definition) is 3. The second kappa shape index (κ2) is 8.54. The van der Waals surface area contributed by atoms with Crippen LogP contribution in [0.4, 0.5) is 0 Å². The van der Waals surface area contributed by atoms with Crippen molar-refractivity contribution >= 4 is 34.2 Å². The molecular formula is C18H26BrClN2O2. The van der Waals surface area contributed by atoms with Gasteiger partial charge in [-0.05, 0) is 49.8 Å². The molecule has 0 radical (unpaired) electrons. The molecule has 2 aliphatic rings. The summed E-state index contributed by atoms with van der Waals surface area (Å²) >= 11 is 3.53. The van der Waals surface area contributed by atoms with E-state index in [2.05, 4.69) is 22.0 Å². The van der Waals surface area contributed by atoms with E-state index >= 15 is 0 Å². The monoisotopic (exact) mass is 416 g/mol. The van der Waals surface area contributed by atoms with Gasteiger partial charge >= 0.3 is 0 Å². The van der Waals surface area contributed by atoms with Crippen LogP contribution in [0.15, 0.2) is 22.7 Å². The molecule has 3 atom stereocenters. The molecule has 2 fully saturated rings. The molecule has 0 bridgehead atoms. The van der Waals surface area contributed by atoms with E-state index in [0.717, 1.165) is 54.4 Å². The Morgan fingerprint density at radius 3 is 2.79 bits per heavy atom. The molecule has 24 heavy (non-hydrogen) atoms. The summed E-state index contributed by atoms with van der Waals surface area (Å²) in [6.45, 7) is 0.834. The van der Waals surface area contributed by atoms with E-state index in [0.29, 0.717) is 12.3 Å². The maximum atomic E-state index is 12.8. The number of hydrogen-bond donors (Lipinski definition) is 1. The summed E-state index contributed by atoms with van der Waals surface area (Å²) in [5, 5.41) is 0. The number of nitrogens with two attached hydrogens (primary N) is 1. The molecule has 1 saturated carbocycles. The van der Waals surface area contributed by atoms with E-state index in [4.69, 9.17) is 10.5 Å². The molecule has 2 N–H and O–H groups in total. The Bertz CT molecular complexity index is 584. The van der Waals surface area contributed by atoms with Crippen LogP contribution in [0.25, 0.3) is 0 Å². The van der Waals surface area contributed by atoms with Crippen molar-refractivity contribution in [2.24, 2.45) is 11.7 Å². The topological polar surface area (TPSA) is 55.6 Å². The Labute approximate surface area is 158 Å². The molecule has 1 aliphatic carbocycles. The smallest absolute Gasteiger partial charge is 0.223 e. The van der Waals surface area contributed by atoms with Crippen LogP contribution in [-0.4, -0.2) is 30.5 Å². The zero-order valence-electron chi connectivity index (χ0n) is 14.0. The molecule has 3 rings (SSSR count). The highest BCUT2D eigenvalue weighted by molar-refractivity contribution is 9.10. The Morgan fingerprint density at radius 1 is 1.33 bits per heavy atom. The van der Waals surface area contributed by atoms with Gasteiger partial charge < -0.3 is 15.4 Å². The van der Waals surface area contributed by atoms with E-state index in [1.54, 1.807) is 7.11 Å². The van der Waals surface area contributed by atoms with E-state index < -0.39 is 0 Å². The number of halogens is 2. The van der Waals surface area contributed by atoms with Gasteiger partial charge in [0.05, 0.1) is 13.2 Å². The number of carbonyl (C=O) groups is 1. The molecule has 1 unspecified atom stereocenters. The third kappa shape index (κ3) is 4.06. The second-order valence-corrected chi connectivity index (χ2v) is 7.61. The zero-order chi connectivity index (χ0) is 16.4. The number of rotatable bonds is 4. The highest BCUT2D eigenvalue weighted by Crippen LogP contribution is 2.39. The quantitative estimate of drug-likeness (QED) is 0.803. The minimum absolute atomic E-state index is 0. The summed E-state index contributed by atoms with van der Waals surface area (Å²) < 4.78 is 6.53. The highest BCUT2D eigenvalue weighted by Gasteiger charge is 2.34. The van der Waals surface area contributed by atoms with Crippen molar-refractivity contribution in [2.75, 3.05) is 13.7 Å². The van der Waals surface area contributed by atoms with Crippen molar-refractivity contribution in [3.05, 3.63) is 28.2 Å². The Balaban J connectivity index is 0.00000208. The molecule has 1 aromatic rings. The molecule has 1 amide bonds. The van der Waals surface area contributed by atoms with Gasteiger partial charge in [-0.3, -0.25) is 4.79 Å². The first-order valence-corrected chi connectivity index (χ1v) is 9.28. The van der Waals surface area contributed by atoms with E-state index in [9.17, 15) is 4.79 Å². The maximum Gasteiger partial charge on any atom is 0.223 e. The average Bonchev–Trinajstić information content (AvgIpc) is 3.17. The largest absolute Gasteiger partial charge is 0.496 e. The fraction of sp³-hybridized carbons (Fsp3) is 0.611. The van der Waals surface area contributed by atoms with Crippen molar-refractivity contribution < 1.29 is 9.53 Å². The van der Waals surface area contributed by atoms with Crippen molar-refractivity contribution in [2.45, 2.75) is 50.6 Å².